The number of nitrogens with zero attached hydrogens (tertiary/aromatic N) is 1. The molecule has 0 bridgehead atoms. The fourth-order valence-corrected chi connectivity index (χ4v) is 4.71. The molecule has 1 fully saturated rings. The molecule has 160 valence electrons. The second-order valence-corrected chi connectivity index (χ2v) is 8.26. The van der Waals surface area contributed by atoms with Crippen molar-refractivity contribution in [3.05, 3.63) is 57.8 Å². The number of quaternary nitrogens is 1. The maximum Gasteiger partial charge on any atom is 0.295 e. The van der Waals surface area contributed by atoms with E-state index in [-0.39, 0.29) is 5.57 Å². The number of thiophene rings is 1. The summed E-state index contributed by atoms with van der Waals surface area (Å²) in [7, 11) is 1.52. The zero-order valence-corrected chi connectivity index (χ0v) is 18.5. The van der Waals surface area contributed by atoms with Gasteiger partial charge in [0.2, 0.25) is 5.78 Å². The molecule has 1 aliphatic heterocycles. The minimum absolute atomic E-state index is 0.0332. The van der Waals surface area contributed by atoms with Crippen LogP contribution in [0.4, 0.5) is 0 Å². The van der Waals surface area contributed by atoms with Crippen LogP contribution in [0.25, 0.3) is 5.76 Å². The van der Waals surface area contributed by atoms with Crippen LogP contribution in [-0.4, -0.2) is 49.9 Å². The van der Waals surface area contributed by atoms with Crippen LogP contribution < -0.4 is 14.7 Å². The van der Waals surface area contributed by atoms with Crippen LogP contribution in [0.5, 0.6) is 5.75 Å². The second kappa shape index (κ2) is 9.91. The molecule has 2 heterocycles. The molecule has 0 radical (unpaired) electrons. The second-order valence-electron chi connectivity index (χ2n) is 7.28. The van der Waals surface area contributed by atoms with Crippen molar-refractivity contribution in [3.8, 4) is 5.75 Å². The van der Waals surface area contributed by atoms with Gasteiger partial charge in [-0.25, -0.2) is 0 Å². The highest BCUT2D eigenvalue weighted by Crippen LogP contribution is 2.40. The van der Waals surface area contributed by atoms with Gasteiger partial charge in [-0.2, -0.15) is 0 Å². The minimum Gasteiger partial charge on any atom is -0.872 e. The molecule has 2 aromatic rings. The molecule has 1 aromatic heterocycles. The quantitative estimate of drug-likeness (QED) is 0.371. The Morgan fingerprint density at radius 2 is 1.97 bits per heavy atom. The van der Waals surface area contributed by atoms with E-state index in [9.17, 15) is 14.7 Å². The minimum atomic E-state index is -0.698. The molecule has 7 heteroatoms. The highest BCUT2D eigenvalue weighted by molar-refractivity contribution is 7.10. The number of carbonyl (C=O) groups is 2. The molecule has 0 aliphatic carbocycles. The summed E-state index contributed by atoms with van der Waals surface area (Å²) in [6.07, 6.45) is 0.776. The van der Waals surface area contributed by atoms with Crippen molar-refractivity contribution < 1.29 is 24.3 Å². The summed E-state index contributed by atoms with van der Waals surface area (Å²) < 4.78 is 5.21. The number of Topliss-reactive ketones (excluding diaryl/α,β-unsaturated/α-hetero) is 1. The summed E-state index contributed by atoms with van der Waals surface area (Å²) >= 11 is 1.45. The van der Waals surface area contributed by atoms with Gasteiger partial charge in [-0.3, -0.25) is 9.59 Å². The third-order valence-electron chi connectivity index (χ3n) is 5.60. The molecule has 0 saturated carbocycles. The molecule has 1 amide bonds. The van der Waals surface area contributed by atoms with Crippen molar-refractivity contribution in [3.63, 3.8) is 0 Å². The molecular formula is C23H28N2O4S. The number of ether oxygens (including phenoxy) is 1. The Morgan fingerprint density at radius 3 is 2.60 bits per heavy atom. The van der Waals surface area contributed by atoms with Crippen LogP contribution in [0, 0.1) is 0 Å². The number of rotatable bonds is 9. The summed E-state index contributed by atoms with van der Waals surface area (Å²) in [6, 6.07) is 9.82. The van der Waals surface area contributed by atoms with Crippen LogP contribution in [0.1, 0.15) is 36.8 Å². The fraction of sp³-hybridized carbons (Fsp3) is 0.391. The Bertz CT molecular complexity index is 919. The number of amides is 1. The number of methoxy groups -OCH3 is 1. The summed E-state index contributed by atoms with van der Waals surface area (Å²) in [5.74, 6) is -1.17. The van der Waals surface area contributed by atoms with E-state index < -0.39 is 23.5 Å². The van der Waals surface area contributed by atoms with E-state index in [1.165, 1.54) is 23.3 Å². The van der Waals surface area contributed by atoms with Gasteiger partial charge in [0.15, 0.2) is 0 Å². The number of hydrogen-bond acceptors (Lipinski definition) is 5. The normalized spacial score (nSPS) is 18.4. The number of benzene rings is 1. The van der Waals surface area contributed by atoms with E-state index in [0.29, 0.717) is 17.9 Å². The van der Waals surface area contributed by atoms with Crippen LogP contribution in [-0.2, 0) is 9.59 Å². The Labute approximate surface area is 181 Å². The van der Waals surface area contributed by atoms with Crippen molar-refractivity contribution in [2.24, 2.45) is 0 Å². The van der Waals surface area contributed by atoms with Crippen molar-refractivity contribution in [2.75, 3.05) is 33.3 Å². The van der Waals surface area contributed by atoms with Gasteiger partial charge < -0.3 is 19.6 Å². The lowest BCUT2D eigenvalue weighted by molar-refractivity contribution is -0.896. The number of hydrogen-bond donors (Lipinski definition) is 1. The van der Waals surface area contributed by atoms with Crippen LogP contribution in [0.3, 0.4) is 0 Å². The van der Waals surface area contributed by atoms with Gasteiger partial charge in [-0.15, -0.1) is 11.3 Å². The van der Waals surface area contributed by atoms with Gasteiger partial charge in [0.1, 0.15) is 5.75 Å². The first-order chi connectivity index (χ1) is 14.5. The monoisotopic (exact) mass is 428 g/mol. The smallest absolute Gasteiger partial charge is 0.295 e. The largest absolute Gasteiger partial charge is 0.872 e. The standard InChI is InChI=1S/C23H28N2O4S/c1-4-24(5-2)12-8-13-25-20(18-11-7-14-30-18)19(22(27)23(25)28)21(26)16-9-6-10-17(15-16)29-3/h6-7,9-11,14-15,20,26H,4-5,8,12-13H2,1-3H3. The topological polar surface area (TPSA) is 74.1 Å². The molecule has 30 heavy (non-hydrogen) atoms. The molecule has 1 aromatic carbocycles. The molecule has 0 spiro atoms. The van der Waals surface area contributed by atoms with Gasteiger partial charge in [0, 0.05) is 23.4 Å². The Kier molecular flexibility index (Phi) is 7.29. The fourth-order valence-electron chi connectivity index (χ4n) is 3.87. The highest BCUT2D eigenvalue weighted by atomic mass is 32.1. The lowest BCUT2D eigenvalue weighted by Crippen LogP contribution is -3.11. The predicted octanol–water partition coefficient (Wildman–Crippen LogP) is 1.30. The molecule has 1 N–H and O–H groups in total. The van der Waals surface area contributed by atoms with Crippen molar-refractivity contribution in [2.45, 2.75) is 26.3 Å². The predicted molar refractivity (Wildman–Crippen MR) is 115 cm³/mol. The third-order valence-corrected chi connectivity index (χ3v) is 6.53. The lowest BCUT2D eigenvalue weighted by atomic mass is 9.99. The van der Waals surface area contributed by atoms with E-state index in [1.807, 2.05) is 17.5 Å². The first-order valence-electron chi connectivity index (χ1n) is 10.3. The lowest BCUT2D eigenvalue weighted by Gasteiger charge is -2.27. The number of ketones is 1. The molecule has 1 unspecified atom stereocenters. The van der Waals surface area contributed by atoms with Crippen LogP contribution >= 0.6 is 11.3 Å². The van der Waals surface area contributed by atoms with E-state index in [4.69, 9.17) is 4.74 Å². The van der Waals surface area contributed by atoms with Gasteiger partial charge in [0.05, 0.1) is 32.8 Å². The summed E-state index contributed by atoms with van der Waals surface area (Å²) in [6.45, 7) is 7.67. The van der Waals surface area contributed by atoms with E-state index in [0.717, 1.165) is 30.9 Å². The van der Waals surface area contributed by atoms with Crippen molar-refractivity contribution in [1.29, 1.82) is 0 Å². The Morgan fingerprint density at radius 1 is 1.20 bits per heavy atom. The summed E-state index contributed by atoms with van der Waals surface area (Å²) in [4.78, 5) is 29.6. The number of carbonyl (C=O) groups excluding carboxylic acids is 2. The average Bonchev–Trinajstić information content (AvgIpc) is 3.38. The zero-order valence-electron chi connectivity index (χ0n) is 17.6. The van der Waals surface area contributed by atoms with Gasteiger partial charge in [-0.1, -0.05) is 24.0 Å². The van der Waals surface area contributed by atoms with Gasteiger partial charge in [-0.05, 0) is 43.0 Å². The average molecular weight is 429 g/mol. The van der Waals surface area contributed by atoms with Crippen molar-refractivity contribution in [1.82, 2.24) is 4.90 Å². The highest BCUT2D eigenvalue weighted by Gasteiger charge is 2.44. The zero-order chi connectivity index (χ0) is 21.7. The first kappa shape index (κ1) is 22.1. The maximum atomic E-state index is 13.3. The van der Waals surface area contributed by atoms with Gasteiger partial charge >= 0.3 is 0 Å². The van der Waals surface area contributed by atoms with Crippen molar-refractivity contribution >= 4 is 28.8 Å². The van der Waals surface area contributed by atoms with Crippen LogP contribution in [0.2, 0.25) is 0 Å². The van der Waals surface area contributed by atoms with Gasteiger partial charge in [0.25, 0.3) is 5.91 Å². The first-order valence-corrected chi connectivity index (χ1v) is 11.2. The molecule has 1 atom stereocenters. The molecule has 6 nitrogen and oxygen atoms in total. The van der Waals surface area contributed by atoms with Crippen LogP contribution in [0.15, 0.2) is 47.4 Å². The molecular weight excluding hydrogens is 400 g/mol. The van der Waals surface area contributed by atoms with E-state index in [2.05, 4.69) is 13.8 Å². The summed E-state index contributed by atoms with van der Waals surface area (Å²) in [5, 5.41) is 15.2. The number of nitrogens with one attached hydrogen (secondary N) is 1. The molecule has 1 saturated heterocycles. The molecule has 3 rings (SSSR count). The summed E-state index contributed by atoms with van der Waals surface area (Å²) in [5.41, 5.74) is 0.382. The Hall–Kier alpha value is -2.64. The van der Waals surface area contributed by atoms with E-state index in [1.54, 1.807) is 29.2 Å². The maximum absolute atomic E-state index is 13.3. The molecule has 1 aliphatic rings. The SMILES string of the molecule is CC[NH+](CC)CCCN1C(=O)C(=O)C(=C([O-])c2cccc(OC)c2)C1c1cccs1. The third kappa shape index (κ3) is 4.42. The Balaban J connectivity index is 1.97. The van der Waals surface area contributed by atoms with E-state index >= 15 is 0 Å². The number of likely N-dealkylation sites (tertiary alicyclic amines) is 1.